The van der Waals surface area contributed by atoms with Gasteiger partial charge in [0.2, 0.25) is 0 Å². The normalized spacial score (nSPS) is 12.5. The van der Waals surface area contributed by atoms with Crippen molar-refractivity contribution in [3.05, 3.63) is 90.0 Å². The van der Waals surface area contributed by atoms with Gasteiger partial charge in [0, 0.05) is 18.9 Å². The van der Waals surface area contributed by atoms with Crippen LogP contribution in [0.5, 0.6) is 0 Å². The van der Waals surface area contributed by atoms with Crippen LogP contribution in [0.4, 0.5) is 0 Å². The molecule has 3 aromatic rings. The quantitative estimate of drug-likeness (QED) is 0.533. The van der Waals surface area contributed by atoms with Crippen molar-refractivity contribution >= 4 is 0 Å². The lowest BCUT2D eigenvalue weighted by atomic mass is 9.64. The van der Waals surface area contributed by atoms with Crippen LogP contribution in [0.3, 0.4) is 0 Å². The van der Waals surface area contributed by atoms with E-state index in [-0.39, 0.29) is 5.92 Å². The lowest BCUT2D eigenvalue weighted by molar-refractivity contribution is 0.320. The predicted molar refractivity (Wildman–Crippen MR) is 109 cm³/mol. The van der Waals surface area contributed by atoms with Crippen molar-refractivity contribution in [1.82, 2.24) is 9.55 Å². The standard InChI is InChI=1S/C24H27N3/c1-3-10-21(15-17-27-18-16-26-20(27)2)24(19-25,22-11-6-4-7-12-22)23-13-8-5-9-14-23/h4-9,11-14,16,18,21H,3,10,15,17H2,1-2H3. The Morgan fingerprint density at radius 2 is 1.59 bits per heavy atom. The smallest absolute Gasteiger partial charge is 0.110 e. The van der Waals surface area contributed by atoms with E-state index < -0.39 is 5.41 Å². The number of benzene rings is 2. The molecular formula is C24H27N3. The molecule has 0 aliphatic heterocycles. The largest absolute Gasteiger partial charge is 0.335 e. The maximum atomic E-state index is 10.5. The van der Waals surface area contributed by atoms with Crippen molar-refractivity contribution < 1.29 is 0 Å². The molecule has 1 unspecified atom stereocenters. The van der Waals surface area contributed by atoms with Gasteiger partial charge >= 0.3 is 0 Å². The Labute approximate surface area is 162 Å². The van der Waals surface area contributed by atoms with Crippen LogP contribution in [-0.4, -0.2) is 9.55 Å². The van der Waals surface area contributed by atoms with Crippen LogP contribution in [0.15, 0.2) is 73.1 Å². The van der Waals surface area contributed by atoms with Crippen molar-refractivity contribution in [2.24, 2.45) is 5.92 Å². The molecule has 3 heteroatoms. The molecule has 3 rings (SSSR count). The zero-order valence-corrected chi connectivity index (χ0v) is 16.2. The third-order valence-corrected chi connectivity index (χ3v) is 5.53. The third kappa shape index (κ3) is 3.80. The Bertz CT molecular complexity index is 835. The van der Waals surface area contributed by atoms with Crippen molar-refractivity contribution in [3.63, 3.8) is 0 Å². The van der Waals surface area contributed by atoms with Gasteiger partial charge in [-0.3, -0.25) is 0 Å². The summed E-state index contributed by atoms with van der Waals surface area (Å²) in [6.07, 6.45) is 6.86. The van der Waals surface area contributed by atoms with E-state index in [0.29, 0.717) is 0 Å². The molecular weight excluding hydrogens is 330 g/mol. The minimum Gasteiger partial charge on any atom is -0.335 e. The number of nitriles is 1. The second-order valence-electron chi connectivity index (χ2n) is 7.09. The van der Waals surface area contributed by atoms with Gasteiger partial charge in [0.25, 0.3) is 0 Å². The zero-order valence-electron chi connectivity index (χ0n) is 16.2. The molecule has 0 saturated heterocycles. The Hall–Kier alpha value is -2.86. The summed E-state index contributed by atoms with van der Waals surface area (Å²) in [5, 5.41) is 10.5. The van der Waals surface area contributed by atoms with Gasteiger partial charge in [-0.15, -0.1) is 0 Å². The van der Waals surface area contributed by atoms with Gasteiger partial charge in [0.05, 0.1) is 6.07 Å². The summed E-state index contributed by atoms with van der Waals surface area (Å²) in [6, 6.07) is 23.3. The second-order valence-corrected chi connectivity index (χ2v) is 7.09. The van der Waals surface area contributed by atoms with Crippen LogP contribution >= 0.6 is 0 Å². The molecule has 0 radical (unpaired) electrons. The van der Waals surface area contributed by atoms with E-state index in [9.17, 15) is 5.26 Å². The molecule has 1 atom stereocenters. The van der Waals surface area contributed by atoms with Gasteiger partial charge in [0.1, 0.15) is 11.2 Å². The molecule has 2 aromatic carbocycles. The van der Waals surface area contributed by atoms with E-state index in [2.05, 4.69) is 46.8 Å². The fraction of sp³-hybridized carbons (Fsp3) is 0.333. The monoisotopic (exact) mass is 357 g/mol. The van der Waals surface area contributed by atoms with E-state index in [4.69, 9.17) is 0 Å². The van der Waals surface area contributed by atoms with Gasteiger partial charge in [0.15, 0.2) is 0 Å². The first-order chi connectivity index (χ1) is 13.2. The average molecular weight is 358 g/mol. The van der Waals surface area contributed by atoms with E-state index in [0.717, 1.165) is 42.8 Å². The molecule has 0 aliphatic carbocycles. The average Bonchev–Trinajstić information content (AvgIpc) is 3.13. The molecule has 0 bridgehead atoms. The molecule has 0 spiro atoms. The molecule has 0 amide bonds. The molecule has 1 heterocycles. The highest BCUT2D eigenvalue weighted by atomic mass is 15.0. The van der Waals surface area contributed by atoms with Gasteiger partial charge in [-0.1, -0.05) is 74.0 Å². The van der Waals surface area contributed by atoms with Crippen LogP contribution < -0.4 is 0 Å². The van der Waals surface area contributed by atoms with Crippen molar-refractivity contribution in [2.45, 2.75) is 45.1 Å². The van der Waals surface area contributed by atoms with E-state index in [1.807, 2.05) is 55.7 Å². The van der Waals surface area contributed by atoms with Crippen molar-refractivity contribution in [1.29, 1.82) is 5.26 Å². The van der Waals surface area contributed by atoms with Crippen LogP contribution in [0, 0.1) is 24.2 Å². The number of hydrogen-bond acceptors (Lipinski definition) is 2. The van der Waals surface area contributed by atoms with Gasteiger partial charge < -0.3 is 4.57 Å². The maximum absolute atomic E-state index is 10.5. The Kier molecular flexibility index (Phi) is 6.08. The number of rotatable bonds is 8. The Morgan fingerprint density at radius 3 is 2.04 bits per heavy atom. The minimum atomic E-state index is -0.646. The first-order valence-corrected chi connectivity index (χ1v) is 9.72. The lowest BCUT2D eigenvalue weighted by Crippen LogP contribution is -2.36. The number of aromatic nitrogens is 2. The van der Waals surface area contributed by atoms with E-state index in [1.54, 1.807) is 0 Å². The molecule has 1 aromatic heterocycles. The first kappa shape index (κ1) is 18.9. The van der Waals surface area contributed by atoms with Crippen LogP contribution in [-0.2, 0) is 12.0 Å². The Balaban J connectivity index is 2.06. The van der Waals surface area contributed by atoms with Crippen molar-refractivity contribution in [3.8, 4) is 6.07 Å². The fourth-order valence-electron chi connectivity index (χ4n) is 4.12. The SMILES string of the molecule is CCCC(CCn1ccnc1C)C(C#N)(c1ccccc1)c1ccccc1. The summed E-state index contributed by atoms with van der Waals surface area (Å²) < 4.78 is 2.18. The lowest BCUT2D eigenvalue weighted by Gasteiger charge is -2.36. The highest BCUT2D eigenvalue weighted by Crippen LogP contribution is 2.43. The van der Waals surface area contributed by atoms with E-state index in [1.165, 1.54) is 0 Å². The van der Waals surface area contributed by atoms with Crippen LogP contribution in [0.1, 0.15) is 43.1 Å². The van der Waals surface area contributed by atoms with Crippen LogP contribution in [0.25, 0.3) is 0 Å². The number of nitrogens with zero attached hydrogens (tertiary/aromatic N) is 3. The van der Waals surface area contributed by atoms with Gasteiger partial charge in [-0.2, -0.15) is 5.26 Å². The van der Waals surface area contributed by atoms with Crippen molar-refractivity contribution in [2.75, 3.05) is 0 Å². The summed E-state index contributed by atoms with van der Waals surface area (Å²) >= 11 is 0. The summed E-state index contributed by atoms with van der Waals surface area (Å²) in [4.78, 5) is 4.34. The molecule has 0 saturated carbocycles. The molecule has 0 N–H and O–H groups in total. The topological polar surface area (TPSA) is 41.6 Å². The highest BCUT2D eigenvalue weighted by molar-refractivity contribution is 5.47. The van der Waals surface area contributed by atoms with Crippen LogP contribution in [0.2, 0.25) is 0 Å². The summed E-state index contributed by atoms with van der Waals surface area (Å²) in [7, 11) is 0. The molecule has 3 nitrogen and oxygen atoms in total. The summed E-state index contributed by atoms with van der Waals surface area (Å²) in [5.41, 5.74) is 1.52. The molecule has 138 valence electrons. The van der Waals surface area contributed by atoms with Gasteiger partial charge in [-0.05, 0) is 36.8 Å². The predicted octanol–water partition coefficient (Wildman–Crippen LogP) is 5.51. The maximum Gasteiger partial charge on any atom is 0.110 e. The highest BCUT2D eigenvalue weighted by Gasteiger charge is 2.41. The summed E-state index contributed by atoms with van der Waals surface area (Å²) in [5.74, 6) is 1.24. The third-order valence-electron chi connectivity index (χ3n) is 5.53. The number of imidazole rings is 1. The number of aryl methyl sites for hydroxylation is 2. The van der Waals surface area contributed by atoms with Gasteiger partial charge in [-0.25, -0.2) is 4.98 Å². The molecule has 0 aliphatic rings. The molecule has 27 heavy (non-hydrogen) atoms. The fourth-order valence-corrected chi connectivity index (χ4v) is 4.12. The Morgan fingerprint density at radius 1 is 1.00 bits per heavy atom. The summed E-state index contributed by atoms with van der Waals surface area (Å²) in [6.45, 7) is 5.11. The molecule has 0 fully saturated rings. The number of hydrogen-bond donors (Lipinski definition) is 0. The second kappa shape index (κ2) is 8.68. The zero-order chi connectivity index (χ0) is 19.1. The van der Waals surface area contributed by atoms with E-state index >= 15 is 0 Å². The minimum absolute atomic E-state index is 0.221. The first-order valence-electron chi connectivity index (χ1n) is 9.72.